The van der Waals surface area contributed by atoms with Gasteiger partial charge in [0.2, 0.25) is 0 Å². The first-order chi connectivity index (χ1) is 30.2. The first kappa shape index (κ1) is 41.6. The summed E-state index contributed by atoms with van der Waals surface area (Å²) < 4.78 is 0. The highest BCUT2D eigenvalue weighted by Crippen LogP contribution is 2.63. The quantitative estimate of drug-likeness (QED) is 0.146. The Kier molecular flexibility index (Phi) is 10.2. The van der Waals surface area contributed by atoms with Crippen LogP contribution in [0.3, 0.4) is 0 Å². The fraction of sp³-hybridized carbons (Fsp3) is 0.213. The van der Waals surface area contributed by atoms with Gasteiger partial charge in [0, 0.05) is 0 Å². The molecule has 8 aromatic carbocycles. The maximum atomic E-state index is 2.65. The summed E-state index contributed by atoms with van der Waals surface area (Å²) in [6, 6.07) is 53.6. The van der Waals surface area contributed by atoms with Crippen molar-refractivity contribution in [1.29, 1.82) is 0 Å². The zero-order chi connectivity index (χ0) is 44.2. The van der Waals surface area contributed by atoms with Crippen molar-refractivity contribution in [2.24, 2.45) is 0 Å². The van der Waals surface area contributed by atoms with E-state index in [1.807, 2.05) is 0 Å². The standard InChI is InChI=1S/C61H58P2/c1-35-25-49(26-36(2)43(35)9)62(50-27-37(3)44(10)38(4)28-50)47-21-23-55-53-17-13-15-19-57(53)61(59(55)33-47)58-20-16-14-18-54(58)56-24-22-48(34-60(56)61)63(51-29-39(5)45(11)40(6)30-51)52-31-41(7)46(12)42(8)32-52/h13-34H,1-12H3. The molecule has 312 valence electrons. The SMILES string of the molecule is Cc1cc(P(c2cc(C)c(C)c(C)c2)c2ccc3c(c2)C2(c4ccccc4-3)c3ccccc3-c3ccc(P(c4cc(C)c(C)c(C)c4)c4cc(C)c(C)c(C)c4)cc32)cc(C)c1C. The molecule has 63 heavy (non-hydrogen) atoms. The Morgan fingerprint density at radius 2 is 0.508 bits per heavy atom. The van der Waals surface area contributed by atoms with Crippen molar-refractivity contribution < 1.29 is 0 Å². The Hall–Kier alpha value is -5.38. The van der Waals surface area contributed by atoms with Crippen LogP contribution in [0.2, 0.25) is 0 Å². The summed E-state index contributed by atoms with van der Waals surface area (Å²) in [5.74, 6) is 0. The van der Waals surface area contributed by atoms with Gasteiger partial charge in [0.25, 0.3) is 0 Å². The summed E-state index contributed by atoms with van der Waals surface area (Å²) in [6.45, 7) is 27.4. The van der Waals surface area contributed by atoms with Crippen molar-refractivity contribution in [2.45, 2.75) is 88.5 Å². The van der Waals surface area contributed by atoms with Gasteiger partial charge in [-0.3, -0.25) is 0 Å². The van der Waals surface area contributed by atoms with E-state index in [0.717, 1.165) is 0 Å². The second kappa shape index (κ2) is 15.4. The smallest absolute Gasteiger partial charge is 0.0619 e. The summed E-state index contributed by atoms with van der Waals surface area (Å²) in [7, 11) is -1.75. The lowest BCUT2D eigenvalue weighted by atomic mass is 9.70. The van der Waals surface area contributed by atoms with Crippen molar-refractivity contribution >= 4 is 47.7 Å². The summed E-state index contributed by atoms with van der Waals surface area (Å²) in [5.41, 5.74) is 27.0. The van der Waals surface area contributed by atoms with Crippen LogP contribution >= 0.6 is 15.8 Å². The number of hydrogen-bond acceptors (Lipinski definition) is 0. The predicted molar refractivity (Wildman–Crippen MR) is 277 cm³/mol. The average molecular weight is 853 g/mol. The molecule has 0 saturated carbocycles. The fourth-order valence-corrected chi connectivity index (χ4v) is 16.2. The molecule has 0 unspecified atom stereocenters. The van der Waals surface area contributed by atoms with Crippen LogP contribution in [0.5, 0.6) is 0 Å². The van der Waals surface area contributed by atoms with Crippen molar-refractivity contribution in [1.82, 2.24) is 0 Å². The fourth-order valence-electron chi connectivity index (χ4n) is 10.9. The lowest BCUT2D eigenvalue weighted by Crippen LogP contribution is -2.30. The van der Waals surface area contributed by atoms with E-state index in [2.05, 4.69) is 217 Å². The highest BCUT2D eigenvalue weighted by molar-refractivity contribution is 7.80. The van der Waals surface area contributed by atoms with Crippen molar-refractivity contribution in [3.63, 3.8) is 0 Å². The van der Waals surface area contributed by atoms with Gasteiger partial charge in [0.1, 0.15) is 0 Å². The van der Waals surface area contributed by atoms with Crippen LogP contribution in [0.1, 0.15) is 89.0 Å². The van der Waals surface area contributed by atoms with Gasteiger partial charge in [0.15, 0.2) is 0 Å². The normalized spacial score (nSPS) is 13.2. The number of aryl methyl sites for hydroxylation is 8. The van der Waals surface area contributed by atoms with Crippen molar-refractivity contribution in [3.05, 3.63) is 222 Å². The first-order valence-corrected chi connectivity index (χ1v) is 25.3. The Labute approximate surface area is 379 Å². The third-order valence-corrected chi connectivity index (χ3v) is 19.9. The largest absolute Gasteiger partial charge is 0.0726 e. The van der Waals surface area contributed by atoms with Gasteiger partial charge in [-0.1, -0.05) is 121 Å². The Morgan fingerprint density at radius 1 is 0.254 bits per heavy atom. The molecule has 0 radical (unpaired) electrons. The summed E-state index contributed by atoms with van der Waals surface area (Å²) >= 11 is 0. The average Bonchev–Trinajstić information content (AvgIpc) is 3.72. The highest BCUT2D eigenvalue weighted by Gasteiger charge is 2.52. The van der Waals surface area contributed by atoms with Crippen LogP contribution in [0, 0.1) is 83.1 Å². The van der Waals surface area contributed by atoms with Crippen molar-refractivity contribution in [3.8, 4) is 22.3 Å². The second-order valence-corrected chi connectivity index (χ2v) is 23.2. The van der Waals surface area contributed by atoms with E-state index < -0.39 is 21.3 Å². The molecule has 0 heterocycles. The maximum absolute atomic E-state index is 2.65. The van der Waals surface area contributed by atoms with Crippen LogP contribution in [0.4, 0.5) is 0 Å². The third-order valence-electron chi connectivity index (χ3n) is 15.3. The summed E-state index contributed by atoms with van der Waals surface area (Å²) in [5, 5.41) is 8.50. The van der Waals surface area contributed by atoms with Crippen LogP contribution in [-0.2, 0) is 5.41 Å². The van der Waals surface area contributed by atoms with Gasteiger partial charge in [-0.25, -0.2) is 0 Å². The van der Waals surface area contributed by atoms with E-state index >= 15 is 0 Å². The van der Waals surface area contributed by atoms with Gasteiger partial charge < -0.3 is 0 Å². The molecular formula is C61H58P2. The van der Waals surface area contributed by atoms with E-state index in [4.69, 9.17) is 0 Å². The van der Waals surface area contributed by atoms with Gasteiger partial charge in [-0.05, 0) is 254 Å². The minimum absolute atomic E-state index is 0.470. The number of hydrogen-bond donors (Lipinski definition) is 0. The maximum Gasteiger partial charge on any atom is 0.0726 e. The molecule has 0 saturated heterocycles. The molecule has 0 bridgehead atoms. The van der Waals surface area contributed by atoms with Gasteiger partial charge >= 0.3 is 0 Å². The zero-order valence-corrected chi connectivity index (χ0v) is 40.9. The zero-order valence-electron chi connectivity index (χ0n) is 39.1. The molecule has 0 amide bonds. The number of rotatable bonds is 6. The first-order valence-electron chi connectivity index (χ1n) is 22.6. The molecule has 0 atom stereocenters. The molecule has 0 fully saturated rings. The van der Waals surface area contributed by atoms with Gasteiger partial charge in [0.05, 0.1) is 5.41 Å². The molecule has 0 N–H and O–H groups in total. The predicted octanol–water partition coefficient (Wildman–Crippen LogP) is 13.2. The molecule has 0 aliphatic heterocycles. The Morgan fingerprint density at radius 3 is 0.794 bits per heavy atom. The van der Waals surface area contributed by atoms with Gasteiger partial charge in [-0.2, -0.15) is 0 Å². The Bertz CT molecular complexity index is 2790. The molecule has 2 heteroatoms. The van der Waals surface area contributed by atoms with Crippen LogP contribution in [0.25, 0.3) is 22.3 Å². The van der Waals surface area contributed by atoms with Gasteiger partial charge in [-0.15, -0.1) is 0 Å². The molecule has 2 aliphatic rings. The summed E-state index contributed by atoms with van der Waals surface area (Å²) in [6.07, 6.45) is 0. The minimum Gasteiger partial charge on any atom is -0.0619 e. The van der Waals surface area contributed by atoms with Crippen molar-refractivity contribution in [2.75, 3.05) is 0 Å². The molecule has 8 aromatic rings. The molecule has 0 aromatic heterocycles. The summed E-state index contributed by atoms with van der Waals surface area (Å²) in [4.78, 5) is 0. The van der Waals surface area contributed by atoms with Crippen LogP contribution in [-0.4, -0.2) is 0 Å². The Balaban J connectivity index is 1.27. The number of fused-ring (bicyclic) bond motifs is 10. The van der Waals surface area contributed by atoms with E-state index in [9.17, 15) is 0 Å². The molecular weight excluding hydrogens is 795 g/mol. The van der Waals surface area contributed by atoms with Crippen LogP contribution < -0.4 is 31.8 Å². The lowest BCUT2D eigenvalue weighted by molar-refractivity contribution is 0.795. The second-order valence-electron chi connectivity index (χ2n) is 18.8. The molecule has 1 spiro atoms. The minimum atomic E-state index is -0.876. The van der Waals surface area contributed by atoms with Crippen LogP contribution in [0.15, 0.2) is 133 Å². The van der Waals surface area contributed by atoms with E-state index in [1.165, 1.54) is 143 Å². The lowest BCUT2D eigenvalue weighted by Gasteiger charge is -2.32. The molecule has 2 aliphatic carbocycles. The molecule has 10 rings (SSSR count). The monoisotopic (exact) mass is 852 g/mol. The van der Waals surface area contributed by atoms with E-state index in [-0.39, 0.29) is 0 Å². The number of benzene rings is 8. The van der Waals surface area contributed by atoms with E-state index in [1.54, 1.807) is 0 Å². The molecule has 0 nitrogen and oxygen atoms in total. The third kappa shape index (κ3) is 6.39. The highest BCUT2D eigenvalue weighted by atomic mass is 31.1. The topological polar surface area (TPSA) is 0 Å². The van der Waals surface area contributed by atoms with E-state index in [0.29, 0.717) is 0 Å².